The van der Waals surface area contributed by atoms with Crippen LogP contribution in [-0.2, 0) is 4.79 Å². The standard InChI is InChI=1S/C21H18N2O3S2/c1-25-17-11-10-16(13-18(17)26-2)14-19-20(24)23(21(27)28-19)22-12-6-9-15-7-4-3-5-8-15/h3-14H,1-2H3/b9-6-,19-14+,22-12+. The zero-order valence-corrected chi connectivity index (χ0v) is 17.0. The number of thioether (sulfide) groups is 1. The van der Waals surface area contributed by atoms with E-state index in [9.17, 15) is 4.79 Å². The third-order valence-electron chi connectivity index (χ3n) is 3.84. The van der Waals surface area contributed by atoms with Gasteiger partial charge in [0.1, 0.15) is 0 Å². The molecule has 1 saturated heterocycles. The summed E-state index contributed by atoms with van der Waals surface area (Å²) in [7, 11) is 3.14. The molecule has 2 aromatic carbocycles. The highest BCUT2D eigenvalue weighted by Gasteiger charge is 2.31. The molecule has 142 valence electrons. The van der Waals surface area contributed by atoms with Gasteiger partial charge in [0, 0.05) is 6.21 Å². The lowest BCUT2D eigenvalue weighted by Gasteiger charge is -2.08. The maximum atomic E-state index is 12.6. The van der Waals surface area contributed by atoms with Crippen LogP contribution in [0.1, 0.15) is 11.1 Å². The van der Waals surface area contributed by atoms with E-state index in [0.29, 0.717) is 20.7 Å². The van der Waals surface area contributed by atoms with Crippen molar-refractivity contribution in [3.63, 3.8) is 0 Å². The molecule has 0 radical (unpaired) electrons. The van der Waals surface area contributed by atoms with E-state index in [1.54, 1.807) is 44.7 Å². The molecule has 1 amide bonds. The van der Waals surface area contributed by atoms with E-state index in [1.165, 1.54) is 16.8 Å². The Balaban J connectivity index is 1.73. The maximum Gasteiger partial charge on any atom is 0.286 e. The number of carbonyl (C=O) groups is 1. The van der Waals surface area contributed by atoms with Crippen molar-refractivity contribution >= 4 is 52.6 Å². The summed E-state index contributed by atoms with van der Waals surface area (Å²) in [5, 5.41) is 5.40. The van der Waals surface area contributed by atoms with Crippen LogP contribution in [-0.4, -0.2) is 35.7 Å². The summed E-state index contributed by atoms with van der Waals surface area (Å²) in [6.07, 6.45) is 6.99. The van der Waals surface area contributed by atoms with Crippen LogP contribution in [0.4, 0.5) is 0 Å². The van der Waals surface area contributed by atoms with Gasteiger partial charge >= 0.3 is 0 Å². The molecule has 2 aromatic rings. The quantitative estimate of drug-likeness (QED) is 0.396. The Kier molecular flexibility index (Phi) is 6.62. The van der Waals surface area contributed by atoms with Gasteiger partial charge in [0.05, 0.1) is 19.1 Å². The van der Waals surface area contributed by atoms with Crippen molar-refractivity contribution in [2.24, 2.45) is 5.10 Å². The van der Waals surface area contributed by atoms with Crippen LogP contribution in [0.5, 0.6) is 11.5 Å². The molecule has 0 aromatic heterocycles. The maximum absolute atomic E-state index is 12.6. The molecule has 28 heavy (non-hydrogen) atoms. The van der Waals surface area contributed by atoms with Crippen LogP contribution in [0.15, 0.2) is 64.6 Å². The number of benzene rings is 2. The first kappa shape index (κ1) is 19.9. The average Bonchev–Trinajstić information content (AvgIpc) is 2.98. The lowest BCUT2D eigenvalue weighted by molar-refractivity contribution is -0.122. The van der Waals surface area contributed by atoms with Crippen molar-refractivity contribution in [1.29, 1.82) is 0 Å². The minimum Gasteiger partial charge on any atom is -0.493 e. The number of amides is 1. The normalized spacial score (nSPS) is 15.9. The molecule has 5 nitrogen and oxygen atoms in total. The molecule has 7 heteroatoms. The molecule has 0 saturated carbocycles. The van der Waals surface area contributed by atoms with Gasteiger partial charge < -0.3 is 9.47 Å². The summed E-state index contributed by atoms with van der Waals surface area (Å²) in [6.45, 7) is 0. The topological polar surface area (TPSA) is 51.1 Å². The van der Waals surface area contributed by atoms with Gasteiger partial charge in [-0.15, -0.1) is 0 Å². The fourth-order valence-electron chi connectivity index (χ4n) is 2.48. The van der Waals surface area contributed by atoms with Gasteiger partial charge in [-0.3, -0.25) is 4.79 Å². The minimum absolute atomic E-state index is 0.255. The smallest absolute Gasteiger partial charge is 0.286 e. The Bertz CT molecular complexity index is 969. The van der Waals surface area contributed by atoms with Gasteiger partial charge in [0.15, 0.2) is 15.8 Å². The largest absolute Gasteiger partial charge is 0.493 e. The number of rotatable bonds is 6. The lowest BCUT2D eigenvalue weighted by Crippen LogP contribution is -2.21. The molecule has 1 heterocycles. The van der Waals surface area contributed by atoms with Gasteiger partial charge in [0.25, 0.3) is 5.91 Å². The second-order valence-corrected chi connectivity index (χ2v) is 7.32. The number of carbonyl (C=O) groups excluding carboxylic acids is 1. The Hall–Kier alpha value is -2.90. The highest BCUT2D eigenvalue weighted by atomic mass is 32.2. The van der Waals surface area contributed by atoms with E-state index in [-0.39, 0.29) is 5.91 Å². The minimum atomic E-state index is -0.255. The molecule has 3 rings (SSSR count). The van der Waals surface area contributed by atoms with Crippen LogP contribution in [0.25, 0.3) is 12.2 Å². The van der Waals surface area contributed by atoms with Crippen LogP contribution >= 0.6 is 24.0 Å². The molecule has 1 fully saturated rings. The molecule has 0 spiro atoms. The number of methoxy groups -OCH3 is 2. The lowest BCUT2D eigenvalue weighted by atomic mass is 10.2. The van der Waals surface area contributed by atoms with E-state index < -0.39 is 0 Å². The number of hydrogen-bond acceptors (Lipinski definition) is 6. The summed E-state index contributed by atoms with van der Waals surface area (Å²) < 4.78 is 10.9. The number of allylic oxidation sites excluding steroid dienone is 1. The highest BCUT2D eigenvalue weighted by Crippen LogP contribution is 2.34. The van der Waals surface area contributed by atoms with Gasteiger partial charge in [0.2, 0.25) is 0 Å². The Labute approximate surface area is 173 Å². The van der Waals surface area contributed by atoms with E-state index in [1.807, 2.05) is 42.5 Å². The van der Waals surface area contributed by atoms with Gasteiger partial charge in [-0.1, -0.05) is 54.2 Å². The molecule has 1 aliphatic rings. The third-order valence-corrected chi connectivity index (χ3v) is 5.12. The molecule has 0 bridgehead atoms. The zero-order chi connectivity index (χ0) is 19.9. The first-order chi connectivity index (χ1) is 13.6. The molecule has 0 N–H and O–H groups in total. The number of ether oxygens (including phenoxy) is 2. The van der Waals surface area contributed by atoms with E-state index in [2.05, 4.69) is 5.10 Å². The van der Waals surface area contributed by atoms with E-state index >= 15 is 0 Å². The van der Waals surface area contributed by atoms with Crippen molar-refractivity contribution in [2.75, 3.05) is 14.2 Å². The second-order valence-electron chi connectivity index (χ2n) is 5.64. The molecule has 0 aliphatic carbocycles. The first-order valence-corrected chi connectivity index (χ1v) is 9.60. The average molecular weight is 411 g/mol. The Morgan fingerprint density at radius 1 is 1.04 bits per heavy atom. The summed E-state index contributed by atoms with van der Waals surface area (Å²) in [6, 6.07) is 15.3. The second kappa shape index (κ2) is 9.34. The molecule has 0 unspecified atom stereocenters. The number of thiocarbonyl (C=S) groups is 1. The SMILES string of the molecule is COc1ccc(/C=C2/SC(=S)N(/N=C/C=C\c3ccccc3)C2=O)cc1OC. The molecular weight excluding hydrogens is 392 g/mol. The van der Waals surface area contributed by atoms with Gasteiger partial charge in [-0.25, -0.2) is 0 Å². The third kappa shape index (κ3) is 4.68. The van der Waals surface area contributed by atoms with Crippen molar-refractivity contribution in [2.45, 2.75) is 0 Å². The molecule has 0 atom stereocenters. The van der Waals surface area contributed by atoms with Crippen molar-refractivity contribution in [3.05, 3.63) is 70.6 Å². The van der Waals surface area contributed by atoms with Crippen LogP contribution in [0.3, 0.4) is 0 Å². The van der Waals surface area contributed by atoms with Gasteiger partial charge in [-0.05, 0) is 47.6 Å². The number of hydrazone groups is 1. The van der Waals surface area contributed by atoms with E-state index in [0.717, 1.165) is 11.1 Å². The monoisotopic (exact) mass is 410 g/mol. The Morgan fingerprint density at radius 2 is 1.79 bits per heavy atom. The van der Waals surface area contributed by atoms with Crippen LogP contribution < -0.4 is 9.47 Å². The summed E-state index contributed by atoms with van der Waals surface area (Å²) in [4.78, 5) is 13.1. The van der Waals surface area contributed by atoms with Crippen molar-refractivity contribution in [1.82, 2.24) is 5.01 Å². The summed E-state index contributed by atoms with van der Waals surface area (Å²) >= 11 is 6.50. The fourth-order valence-corrected chi connectivity index (χ4v) is 3.65. The van der Waals surface area contributed by atoms with Crippen LogP contribution in [0, 0.1) is 0 Å². The van der Waals surface area contributed by atoms with Crippen molar-refractivity contribution in [3.8, 4) is 11.5 Å². The predicted molar refractivity (Wildman–Crippen MR) is 119 cm³/mol. The molecular formula is C21H18N2O3S2. The van der Waals surface area contributed by atoms with Crippen LogP contribution in [0.2, 0.25) is 0 Å². The van der Waals surface area contributed by atoms with Crippen molar-refractivity contribution < 1.29 is 14.3 Å². The predicted octanol–water partition coefficient (Wildman–Crippen LogP) is 4.60. The molecule has 1 aliphatic heterocycles. The zero-order valence-electron chi connectivity index (χ0n) is 15.4. The van der Waals surface area contributed by atoms with Gasteiger partial charge in [-0.2, -0.15) is 10.1 Å². The van der Waals surface area contributed by atoms with E-state index in [4.69, 9.17) is 21.7 Å². The Morgan fingerprint density at radius 3 is 2.50 bits per heavy atom. The number of nitrogens with zero attached hydrogens (tertiary/aromatic N) is 2. The highest BCUT2D eigenvalue weighted by molar-refractivity contribution is 8.26. The summed E-state index contributed by atoms with van der Waals surface area (Å²) in [5.41, 5.74) is 1.86. The first-order valence-electron chi connectivity index (χ1n) is 8.38. The summed E-state index contributed by atoms with van der Waals surface area (Å²) in [5.74, 6) is 0.965. The number of hydrogen-bond donors (Lipinski definition) is 0. The fraction of sp³-hybridized carbons (Fsp3) is 0.0952.